The van der Waals surface area contributed by atoms with Gasteiger partial charge in [0.15, 0.2) is 0 Å². The SMILES string of the molecule is COc1cccc(NCc2cc(Br)cs2)n1. The summed E-state index contributed by atoms with van der Waals surface area (Å²) in [4.78, 5) is 5.53. The molecule has 2 rings (SSSR count). The Balaban J connectivity index is 1.99. The highest BCUT2D eigenvalue weighted by Crippen LogP contribution is 2.20. The fraction of sp³-hybridized carbons (Fsp3) is 0.182. The molecule has 0 aliphatic heterocycles. The van der Waals surface area contributed by atoms with E-state index in [1.807, 2.05) is 18.2 Å². The summed E-state index contributed by atoms with van der Waals surface area (Å²) in [5, 5.41) is 5.31. The summed E-state index contributed by atoms with van der Waals surface area (Å²) in [5.41, 5.74) is 0. The van der Waals surface area contributed by atoms with Gasteiger partial charge in [0, 0.05) is 20.8 Å². The van der Waals surface area contributed by atoms with Gasteiger partial charge in [0.1, 0.15) is 5.82 Å². The van der Waals surface area contributed by atoms with Gasteiger partial charge in [0.2, 0.25) is 5.88 Å². The predicted molar refractivity (Wildman–Crippen MR) is 70.1 cm³/mol. The van der Waals surface area contributed by atoms with E-state index in [0.717, 1.165) is 16.8 Å². The van der Waals surface area contributed by atoms with Gasteiger partial charge in [0.25, 0.3) is 0 Å². The first-order chi connectivity index (χ1) is 7.78. The summed E-state index contributed by atoms with van der Waals surface area (Å²) in [6, 6.07) is 7.76. The third-order valence-electron chi connectivity index (χ3n) is 2.00. The van der Waals surface area contributed by atoms with Gasteiger partial charge in [-0.3, -0.25) is 0 Å². The lowest BCUT2D eigenvalue weighted by Gasteiger charge is -2.05. The van der Waals surface area contributed by atoms with Crippen LogP contribution in [0.5, 0.6) is 5.88 Å². The van der Waals surface area contributed by atoms with Crippen molar-refractivity contribution in [3.05, 3.63) is 39.0 Å². The van der Waals surface area contributed by atoms with Crippen molar-refractivity contribution in [3.8, 4) is 5.88 Å². The zero-order valence-electron chi connectivity index (χ0n) is 8.74. The molecule has 2 aromatic rings. The maximum absolute atomic E-state index is 5.05. The third-order valence-corrected chi connectivity index (χ3v) is 3.70. The number of halogens is 1. The molecule has 0 saturated carbocycles. The number of nitrogens with one attached hydrogen (secondary N) is 1. The monoisotopic (exact) mass is 298 g/mol. The molecule has 0 fully saturated rings. The van der Waals surface area contributed by atoms with Crippen LogP contribution in [0.1, 0.15) is 4.88 Å². The summed E-state index contributed by atoms with van der Waals surface area (Å²) < 4.78 is 6.17. The van der Waals surface area contributed by atoms with Crippen molar-refractivity contribution in [1.82, 2.24) is 4.98 Å². The Morgan fingerprint density at radius 1 is 1.50 bits per heavy atom. The standard InChI is InChI=1S/C11H11BrN2OS/c1-15-11-4-2-3-10(14-11)13-6-9-5-8(12)7-16-9/h2-5,7H,6H2,1H3,(H,13,14). The topological polar surface area (TPSA) is 34.1 Å². The molecule has 0 spiro atoms. The fourth-order valence-corrected chi connectivity index (χ4v) is 2.64. The quantitative estimate of drug-likeness (QED) is 0.938. The van der Waals surface area contributed by atoms with Gasteiger partial charge in [-0.1, -0.05) is 6.07 Å². The highest BCUT2D eigenvalue weighted by Gasteiger charge is 1.99. The zero-order chi connectivity index (χ0) is 11.4. The molecular weight excluding hydrogens is 288 g/mol. The molecule has 0 saturated heterocycles. The second-order valence-corrected chi connectivity index (χ2v) is 5.06. The van der Waals surface area contributed by atoms with Gasteiger partial charge >= 0.3 is 0 Å². The van der Waals surface area contributed by atoms with Gasteiger partial charge in [-0.05, 0) is 28.1 Å². The molecular formula is C11H11BrN2OS. The average molecular weight is 299 g/mol. The van der Waals surface area contributed by atoms with E-state index in [0.29, 0.717) is 5.88 Å². The minimum absolute atomic E-state index is 0.623. The number of ether oxygens (including phenoxy) is 1. The Kier molecular flexibility index (Phi) is 3.79. The Morgan fingerprint density at radius 2 is 2.38 bits per heavy atom. The lowest BCUT2D eigenvalue weighted by atomic mass is 10.4. The van der Waals surface area contributed by atoms with Crippen LogP contribution in [0.15, 0.2) is 34.1 Å². The predicted octanol–water partition coefficient (Wildman–Crippen LogP) is 3.53. The van der Waals surface area contributed by atoms with Crippen LogP contribution in [0.25, 0.3) is 0 Å². The second-order valence-electron chi connectivity index (χ2n) is 3.15. The van der Waals surface area contributed by atoms with E-state index in [-0.39, 0.29) is 0 Å². The summed E-state index contributed by atoms with van der Waals surface area (Å²) in [5.74, 6) is 1.45. The smallest absolute Gasteiger partial charge is 0.214 e. The maximum Gasteiger partial charge on any atom is 0.214 e. The van der Waals surface area contributed by atoms with E-state index in [9.17, 15) is 0 Å². The van der Waals surface area contributed by atoms with Crippen LogP contribution in [0.3, 0.4) is 0 Å². The second kappa shape index (κ2) is 5.32. The van der Waals surface area contributed by atoms with Crippen LogP contribution in [0, 0.1) is 0 Å². The Hall–Kier alpha value is -1.07. The van der Waals surface area contributed by atoms with Crippen LogP contribution in [-0.2, 0) is 6.54 Å². The van der Waals surface area contributed by atoms with Crippen LogP contribution in [0.2, 0.25) is 0 Å². The van der Waals surface area contributed by atoms with E-state index < -0.39 is 0 Å². The molecule has 2 aromatic heterocycles. The Labute approximate surface area is 107 Å². The molecule has 2 heterocycles. The molecule has 0 unspecified atom stereocenters. The average Bonchev–Trinajstić information content (AvgIpc) is 2.73. The van der Waals surface area contributed by atoms with Crippen molar-refractivity contribution in [2.75, 3.05) is 12.4 Å². The molecule has 0 amide bonds. The molecule has 5 heteroatoms. The van der Waals surface area contributed by atoms with Crippen LogP contribution >= 0.6 is 27.3 Å². The van der Waals surface area contributed by atoms with E-state index in [4.69, 9.17) is 4.74 Å². The number of thiophene rings is 1. The highest BCUT2D eigenvalue weighted by atomic mass is 79.9. The molecule has 0 aliphatic carbocycles. The molecule has 84 valence electrons. The summed E-state index contributed by atoms with van der Waals surface area (Å²) in [6.07, 6.45) is 0. The number of anilines is 1. The Morgan fingerprint density at radius 3 is 3.06 bits per heavy atom. The van der Waals surface area contributed by atoms with Gasteiger partial charge in [-0.25, -0.2) is 0 Å². The molecule has 16 heavy (non-hydrogen) atoms. The van der Waals surface area contributed by atoms with Gasteiger partial charge < -0.3 is 10.1 Å². The summed E-state index contributed by atoms with van der Waals surface area (Å²) in [7, 11) is 1.61. The van der Waals surface area contributed by atoms with E-state index >= 15 is 0 Å². The van der Waals surface area contributed by atoms with Gasteiger partial charge in [-0.15, -0.1) is 11.3 Å². The number of hydrogen-bond acceptors (Lipinski definition) is 4. The van der Waals surface area contributed by atoms with Crippen molar-refractivity contribution >= 4 is 33.1 Å². The molecule has 0 atom stereocenters. The lowest BCUT2D eigenvalue weighted by molar-refractivity contribution is 0.398. The van der Waals surface area contributed by atoms with Crippen molar-refractivity contribution in [2.24, 2.45) is 0 Å². The van der Waals surface area contributed by atoms with Crippen LogP contribution in [0.4, 0.5) is 5.82 Å². The number of pyridine rings is 1. The first-order valence-electron chi connectivity index (χ1n) is 4.76. The normalized spacial score (nSPS) is 10.1. The number of methoxy groups -OCH3 is 1. The molecule has 3 nitrogen and oxygen atoms in total. The van der Waals surface area contributed by atoms with E-state index in [1.165, 1.54) is 4.88 Å². The van der Waals surface area contributed by atoms with Crippen molar-refractivity contribution < 1.29 is 4.74 Å². The molecule has 0 aliphatic rings. The fourth-order valence-electron chi connectivity index (χ4n) is 1.25. The molecule has 1 N–H and O–H groups in total. The largest absolute Gasteiger partial charge is 0.481 e. The van der Waals surface area contributed by atoms with E-state index in [2.05, 4.69) is 37.7 Å². The maximum atomic E-state index is 5.05. The highest BCUT2D eigenvalue weighted by molar-refractivity contribution is 9.10. The lowest BCUT2D eigenvalue weighted by Crippen LogP contribution is -2.00. The van der Waals surface area contributed by atoms with Crippen molar-refractivity contribution in [1.29, 1.82) is 0 Å². The first-order valence-corrected chi connectivity index (χ1v) is 6.43. The molecule has 0 bridgehead atoms. The minimum Gasteiger partial charge on any atom is -0.481 e. The van der Waals surface area contributed by atoms with Crippen LogP contribution < -0.4 is 10.1 Å². The zero-order valence-corrected chi connectivity index (χ0v) is 11.1. The number of nitrogens with zero attached hydrogens (tertiary/aromatic N) is 1. The van der Waals surface area contributed by atoms with Crippen LogP contribution in [-0.4, -0.2) is 12.1 Å². The number of hydrogen-bond donors (Lipinski definition) is 1. The number of rotatable bonds is 4. The van der Waals surface area contributed by atoms with E-state index in [1.54, 1.807) is 18.4 Å². The molecule has 0 aromatic carbocycles. The third kappa shape index (κ3) is 2.96. The minimum atomic E-state index is 0.623. The summed E-state index contributed by atoms with van der Waals surface area (Å²) in [6.45, 7) is 0.774. The first kappa shape index (κ1) is 11.4. The van der Waals surface area contributed by atoms with Gasteiger partial charge in [0.05, 0.1) is 13.7 Å². The Bertz CT molecular complexity index is 473. The van der Waals surface area contributed by atoms with Crippen molar-refractivity contribution in [2.45, 2.75) is 6.54 Å². The van der Waals surface area contributed by atoms with Gasteiger partial charge in [-0.2, -0.15) is 4.98 Å². The number of aromatic nitrogens is 1. The summed E-state index contributed by atoms with van der Waals surface area (Å²) >= 11 is 5.14. The van der Waals surface area contributed by atoms with Crippen molar-refractivity contribution in [3.63, 3.8) is 0 Å². The molecule has 0 radical (unpaired) electrons.